The van der Waals surface area contributed by atoms with E-state index in [-0.39, 0.29) is 6.42 Å². The molecule has 86 valence electrons. The fourth-order valence-electron chi connectivity index (χ4n) is 0.916. The van der Waals surface area contributed by atoms with Crippen LogP contribution in [-0.4, -0.2) is 11.8 Å². The molecule has 1 unspecified atom stereocenters. The third-order valence-corrected chi connectivity index (χ3v) is 2.32. The Kier molecular flexibility index (Phi) is 4.15. The Morgan fingerprint density at radius 3 is 2.00 bits per heavy atom. The van der Waals surface area contributed by atoms with Crippen molar-refractivity contribution in [1.82, 2.24) is 0 Å². The number of halogens is 3. The summed E-state index contributed by atoms with van der Waals surface area (Å²) in [6, 6.07) is 0. The van der Waals surface area contributed by atoms with E-state index in [0.717, 1.165) is 6.92 Å². The van der Waals surface area contributed by atoms with Crippen LogP contribution in [0.15, 0.2) is 0 Å². The average molecular weight is 234 g/mol. The molecule has 0 radical (unpaired) electrons. The van der Waals surface area contributed by atoms with Crippen LogP contribution in [0.1, 0.15) is 26.7 Å². The molecule has 0 aromatic heterocycles. The molecule has 0 rings (SSSR count). The lowest BCUT2D eigenvalue weighted by Gasteiger charge is -2.40. The van der Waals surface area contributed by atoms with Gasteiger partial charge in [-0.15, -0.1) is 0 Å². The molecular formula is C6H10F3O4P-2. The summed E-state index contributed by atoms with van der Waals surface area (Å²) in [6.07, 6.45) is -6.26. The summed E-state index contributed by atoms with van der Waals surface area (Å²) in [5.41, 5.74) is -2.00. The van der Waals surface area contributed by atoms with Gasteiger partial charge in [0.1, 0.15) is 0 Å². The molecular weight excluding hydrogens is 224 g/mol. The topological polar surface area (TPSA) is 72.4 Å². The molecule has 14 heavy (non-hydrogen) atoms. The molecule has 0 aromatic rings. The van der Waals surface area contributed by atoms with Crippen LogP contribution in [0.25, 0.3) is 0 Å². The summed E-state index contributed by atoms with van der Waals surface area (Å²) in [5, 5.41) is 0. The first-order valence-electron chi connectivity index (χ1n) is 3.77. The highest BCUT2D eigenvalue weighted by atomic mass is 31.2. The van der Waals surface area contributed by atoms with Crippen molar-refractivity contribution in [2.24, 2.45) is 0 Å². The minimum absolute atomic E-state index is 0.221. The van der Waals surface area contributed by atoms with E-state index in [1.54, 1.807) is 0 Å². The van der Waals surface area contributed by atoms with Gasteiger partial charge in [-0.05, 0) is 13.3 Å². The summed E-state index contributed by atoms with van der Waals surface area (Å²) in [4.78, 5) is 20.3. The van der Waals surface area contributed by atoms with Gasteiger partial charge < -0.3 is 18.9 Å². The first-order valence-corrected chi connectivity index (χ1v) is 5.23. The minimum Gasteiger partial charge on any atom is -0.790 e. The fraction of sp³-hybridized carbons (Fsp3) is 1.00. The Morgan fingerprint density at radius 1 is 1.36 bits per heavy atom. The Balaban J connectivity index is 4.57. The van der Waals surface area contributed by atoms with E-state index < -0.39 is 26.0 Å². The van der Waals surface area contributed by atoms with E-state index in [4.69, 9.17) is 0 Å². The lowest BCUT2D eigenvalue weighted by atomic mass is 9.99. The quantitative estimate of drug-likeness (QED) is 0.679. The van der Waals surface area contributed by atoms with Crippen molar-refractivity contribution in [2.75, 3.05) is 0 Å². The normalized spacial score (nSPS) is 17.9. The Labute approximate surface area is 79.3 Å². The summed E-state index contributed by atoms with van der Waals surface area (Å²) < 4.78 is 49.9. The molecule has 0 saturated carbocycles. The van der Waals surface area contributed by atoms with E-state index >= 15 is 0 Å². The van der Waals surface area contributed by atoms with Crippen molar-refractivity contribution < 1.29 is 32.0 Å². The number of phosphoric ester groups is 1. The molecule has 4 nitrogen and oxygen atoms in total. The first kappa shape index (κ1) is 13.9. The Bertz CT molecular complexity index is 236. The lowest BCUT2D eigenvalue weighted by molar-refractivity contribution is -0.351. The molecule has 0 bridgehead atoms. The van der Waals surface area contributed by atoms with Gasteiger partial charge in [0.25, 0.3) is 0 Å². The van der Waals surface area contributed by atoms with E-state index in [9.17, 15) is 27.5 Å². The molecule has 0 spiro atoms. The molecule has 0 saturated heterocycles. The van der Waals surface area contributed by atoms with Crippen molar-refractivity contribution >= 4 is 7.82 Å². The van der Waals surface area contributed by atoms with Crippen LogP contribution in [0.5, 0.6) is 0 Å². The second kappa shape index (κ2) is 4.18. The highest BCUT2D eigenvalue weighted by Gasteiger charge is 2.39. The van der Waals surface area contributed by atoms with Gasteiger partial charge in [-0.2, -0.15) is 13.2 Å². The number of phosphoric acid groups is 1. The molecule has 0 aliphatic rings. The summed E-state index contributed by atoms with van der Waals surface area (Å²) >= 11 is 0. The van der Waals surface area contributed by atoms with E-state index in [0.29, 0.717) is 0 Å². The maximum Gasteiger partial charge on any atom is 0.391 e. The highest BCUT2D eigenvalue weighted by Crippen LogP contribution is 2.40. The van der Waals surface area contributed by atoms with Crippen molar-refractivity contribution in [1.29, 1.82) is 0 Å². The predicted molar refractivity (Wildman–Crippen MR) is 38.1 cm³/mol. The maximum absolute atomic E-state index is 11.9. The molecule has 0 fully saturated rings. The summed E-state index contributed by atoms with van der Waals surface area (Å²) in [5.74, 6) is 0. The Morgan fingerprint density at radius 2 is 1.79 bits per heavy atom. The van der Waals surface area contributed by atoms with Crippen molar-refractivity contribution in [3.05, 3.63) is 0 Å². The van der Waals surface area contributed by atoms with Gasteiger partial charge in [-0.3, -0.25) is 0 Å². The van der Waals surface area contributed by atoms with Gasteiger partial charge in [0, 0.05) is 0 Å². The first-order chi connectivity index (χ1) is 5.97. The molecule has 8 heteroatoms. The number of hydrogen-bond acceptors (Lipinski definition) is 4. The zero-order valence-electron chi connectivity index (χ0n) is 7.63. The smallest absolute Gasteiger partial charge is 0.391 e. The molecule has 0 aliphatic carbocycles. The van der Waals surface area contributed by atoms with E-state index in [2.05, 4.69) is 4.52 Å². The molecule has 0 heterocycles. The van der Waals surface area contributed by atoms with Crippen LogP contribution in [0.2, 0.25) is 0 Å². The van der Waals surface area contributed by atoms with Crippen LogP contribution in [0, 0.1) is 0 Å². The monoisotopic (exact) mass is 234 g/mol. The second-order valence-corrected chi connectivity index (χ2v) is 4.21. The van der Waals surface area contributed by atoms with Gasteiger partial charge in [-0.25, -0.2) is 0 Å². The molecule has 0 amide bonds. The standard InChI is InChI=1S/C6H12F3O4P/c1-3-5(2,4-6(7,8)9)13-14(10,11)12/h3-4H2,1-2H3,(H2,10,11,12)/p-2. The lowest BCUT2D eigenvalue weighted by Crippen LogP contribution is -2.36. The predicted octanol–water partition coefficient (Wildman–Crippen LogP) is 0.953. The Hall–Kier alpha value is -0.100. The van der Waals surface area contributed by atoms with Crippen LogP contribution < -0.4 is 9.79 Å². The van der Waals surface area contributed by atoms with Crippen LogP contribution in [0.4, 0.5) is 13.2 Å². The van der Waals surface area contributed by atoms with Crippen LogP contribution in [0.3, 0.4) is 0 Å². The summed E-state index contributed by atoms with van der Waals surface area (Å²) in [6.45, 7) is 2.24. The van der Waals surface area contributed by atoms with Gasteiger partial charge >= 0.3 is 6.18 Å². The van der Waals surface area contributed by atoms with Gasteiger partial charge in [-0.1, -0.05) is 6.92 Å². The SMILES string of the molecule is CCC(C)(CC(F)(F)F)OP(=O)([O-])[O-]. The van der Waals surface area contributed by atoms with Gasteiger partial charge in [0.05, 0.1) is 19.8 Å². The van der Waals surface area contributed by atoms with Gasteiger partial charge in [0.2, 0.25) is 0 Å². The second-order valence-electron chi connectivity index (χ2n) is 3.13. The summed E-state index contributed by atoms with van der Waals surface area (Å²) in [7, 11) is -5.39. The maximum atomic E-state index is 11.9. The van der Waals surface area contributed by atoms with Crippen molar-refractivity contribution in [2.45, 2.75) is 38.5 Å². The zero-order chi connectivity index (χ0) is 11.6. The van der Waals surface area contributed by atoms with Gasteiger partial charge in [0.15, 0.2) is 0 Å². The van der Waals surface area contributed by atoms with E-state index in [1.807, 2.05) is 0 Å². The number of hydrogen-bond donors (Lipinski definition) is 0. The third kappa shape index (κ3) is 6.37. The number of rotatable bonds is 4. The molecule has 0 N–H and O–H groups in total. The molecule has 0 aliphatic heterocycles. The van der Waals surface area contributed by atoms with Crippen molar-refractivity contribution in [3.63, 3.8) is 0 Å². The van der Waals surface area contributed by atoms with Crippen molar-refractivity contribution in [3.8, 4) is 0 Å². The highest BCUT2D eigenvalue weighted by molar-refractivity contribution is 7.43. The number of alkyl halides is 3. The fourth-order valence-corrected chi connectivity index (χ4v) is 1.65. The molecule has 1 atom stereocenters. The largest absolute Gasteiger partial charge is 0.790 e. The minimum atomic E-state index is -5.39. The average Bonchev–Trinajstić information content (AvgIpc) is 1.78. The third-order valence-electron chi connectivity index (χ3n) is 1.65. The van der Waals surface area contributed by atoms with E-state index in [1.165, 1.54) is 6.92 Å². The molecule has 0 aromatic carbocycles. The zero-order valence-corrected chi connectivity index (χ0v) is 8.52. The van der Waals surface area contributed by atoms with Crippen LogP contribution >= 0.6 is 7.82 Å². The van der Waals surface area contributed by atoms with Crippen LogP contribution in [-0.2, 0) is 9.09 Å².